The summed E-state index contributed by atoms with van der Waals surface area (Å²) in [6.07, 6.45) is 1.51. The minimum absolute atomic E-state index is 0.0823. The van der Waals surface area contributed by atoms with Gasteiger partial charge in [-0.25, -0.2) is 0 Å². The van der Waals surface area contributed by atoms with Gasteiger partial charge in [-0.1, -0.05) is 28.1 Å². The molecule has 2 rings (SSSR count). The summed E-state index contributed by atoms with van der Waals surface area (Å²) in [5, 5.41) is 0. The Balaban J connectivity index is 1.80. The quantitative estimate of drug-likeness (QED) is 0.768. The zero-order valence-corrected chi connectivity index (χ0v) is 13.8. The number of halogens is 1. The maximum absolute atomic E-state index is 12.1. The Morgan fingerprint density at radius 1 is 1.35 bits per heavy atom. The van der Waals surface area contributed by atoms with E-state index < -0.39 is 0 Å². The van der Waals surface area contributed by atoms with Crippen molar-refractivity contribution in [2.24, 2.45) is 0 Å². The number of hydrogen-bond acceptors (Lipinski definition) is 3. The number of carbonyl (C=O) groups excluding carboxylic acids is 1. The molecule has 0 N–H and O–H groups in total. The molecule has 1 aliphatic heterocycles. The van der Waals surface area contributed by atoms with E-state index in [1.807, 2.05) is 24.3 Å². The molecule has 0 atom stereocenters. The van der Waals surface area contributed by atoms with Gasteiger partial charge in [0.25, 0.3) is 0 Å². The first-order valence-corrected chi connectivity index (χ1v) is 7.90. The second-order valence-electron chi connectivity index (χ2n) is 5.89. The number of ether oxygens (including phenoxy) is 1. The lowest BCUT2D eigenvalue weighted by Gasteiger charge is -2.42. The van der Waals surface area contributed by atoms with Gasteiger partial charge >= 0.3 is 0 Å². The molecule has 1 aromatic carbocycles. The van der Waals surface area contributed by atoms with Crippen LogP contribution in [0.1, 0.15) is 37.0 Å². The number of hydrogen-bond donors (Lipinski definition) is 0. The van der Waals surface area contributed by atoms with Gasteiger partial charge in [-0.2, -0.15) is 0 Å². The Morgan fingerprint density at radius 2 is 2.05 bits per heavy atom. The predicted octanol–water partition coefficient (Wildman–Crippen LogP) is 3.52. The first kappa shape index (κ1) is 15.7. The Kier molecular flexibility index (Phi) is 5.35. The highest BCUT2D eigenvalue weighted by Crippen LogP contribution is 2.20. The lowest BCUT2D eigenvalue weighted by atomic mass is 10.0. The minimum Gasteiger partial charge on any atom is -0.378 e. The molecule has 3 nitrogen and oxygen atoms in total. The number of Topliss-reactive ketones (excluding diaryl/α,β-unsaturated/α-hetero) is 1. The maximum Gasteiger partial charge on any atom is 0.162 e. The van der Waals surface area contributed by atoms with Crippen molar-refractivity contribution in [2.45, 2.75) is 32.2 Å². The van der Waals surface area contributed by atoms with E-state index in [-0.39, 0.29) is 11.3 Å². The van der Waals surface area contributed by atoms with Crippen LogP contribution in [0.3, 0.4) is 0 Å². The molecule has 1 saturated heterocycles. The third-order valence-corrected chi connectivity index (χ3v) is 4.34. The SMILES string of the molecule is CC1(C)COCCN1CCCC(=O)c1ccc(Br)cc1. The molecule has 0 saturated carbocycles. The summed E-state index contributed by atoms with van der Waals surface area (Å²) in [6, 6.07) is 7.59. The number of benzene rings is 1. The minimum atomic E-state index is 0.0823. The molecule has 0 radical (unpaired) electrons. The van der Waals surface area contributed by atoms with E-state index in [2.05, 4.69) is 34.7 Å². The van der Waals surface area contributed by atoms with Crippen LogP contribution in [0.4, 0.5) is 0 Å². The van der Waals surface area contributed by atoms with Crippen LogP contribution in [0.25, 0.3) is 0 Å². The summed E-state index contributed by atoms with van der Waals surface area (Å²) < 4.78 is 6.51. The average molecular weight is 340 g/mol. The number of rotatable bonds is 5. The van der Waals surface area contributed by atoms with Gasteiger partial charge in [-0.15, -0.1) is 0 Å². The van der Waals surface area contributed by atoms with Crippen molar-refractivity contribution in [3.05, 3.63) is 34.3 Å². The summed E-state index contributed by atoms with van der Waals surface area (Å²) in [4.78, 5) is 14.5. The average Bonchev–Trinajstić information content (AvgIpc) is 2.41. The number of nitrogens with zero attached hydrogens (tertiary/aromatic N) is 1. The van der Waals surface area contributed by atoms with Crippen molar-refractivity contribution in [3.8, 4) is 0 Å². The van der Waals surface area contributed by atoms with Crippen LogP contribution in [0, 0.1) is 0 Å². The summed E-state index contributed by atoms with van der Waals surface area (Å²) in [5.74, 6) is 0.226. The Morgan fingerprint density at radius 3 is 2.70 bits per heavy atom. The molecule has 20 heavy (non-hydrogen) atoms. The molecule has 0 spiro atoms. The molecular weight excluding hydrogens is 318 g/mol. The van der Waals surface area contributed by atoms with Crippen LogP contribution in [0.5, 0.6) is 0 Å². The van der Waals surface area contributed by atoms with Gasteiger partial charge in [0.2, 0.25) is 0 Å². The monoisotopic (exact) mass is 339 g/mol. The molecule has 0 aliphatic carbocycles. The number of carbonyl (C=O) groups is 1. The third kappa shape index (κ3) is 4.14. The Bertz CT molecular complexity index is 456. The van der Waals surface area contributed by atoms with E-state index in [0.29, 0.717) is 6.42 Å². The topological polar surface area (TPSA) is 29.5 Å². The van der Waals surface area contributed by atoms with Gasteiger partial charge in [0, 0.05) is 28.5 Å². The van der Waals surface area contributed by atoms with Crippen LogP contribution in [-0.4, -0.2) is 42.5 Å². The van der Waals surface area contributed by atoms with E-state index in [1.54, 1.807) is 0 Å². The highest BCUT2D eigenvalue weighted by molar-refractivity contribution is 9.10. The maximum atomic E-state index is 12.1. The molecule has 0 bridgehead atoms. The van der Waals surface area contributed by atoms with Crippen molar-refractivity contribution < 1.29 is 9.53 Å². The zero-order chi connectivity index (χ0) is 14.6. The molecule has 110 valence electrons. The highest BCUT2D eigenvalue weighted by Gasteiger charge is 2.29. The van der Waals surface area contributed by atoms with Crippen molar-refractivity contribution in [1.29, 1.82) is 0 Å². The lowest BCUT2D eigenvalue weighted by Crippen LogP contribution is -2.53. The molecular formula is C16H22BrNO2. The second kappa shape index (κ2) is 6.83. The van der Waals surface area contributed by atoms with Crippen LogP contribution in [0.15, 0.2) is 28.7 Å². The zero-order valence-electron chi connectivity index (χ0n) is 12.2. The van der Waals surface area contributed by atoms with Crippen LogP contribution in [0.2, 0.25) is 0 Å². The normalized spacial score (nSPS) is 18.9. The van der Waals surface area contributed by atoms with Gasteiger partial charge in [0.05, 0.1) is 13.2 Å². The van der Waals surface area contributed by atoms with E-state index in [4.69, 9.17) is 4.74 Å². The summed E-state index contributed by atoms with van der Waals surface area (Å²) in [7, 11) is 0. The van der Waals surface area contributed by atoms with Crippen LogP contribution in [-0.2, 0) is 4.74 Å². The standard InChI is InChI=1S/C16H22BrNO2/c1-16(2)12-20-11-10-18(16)9-3-4-15(19)13-5-7-14(17)8-6-13/h5-8H,3-4,9-12H2,1-2H3. The molecule has 1 heterocycles. The van der Waals surface area contributed by atoms with Gasteiger partial charge in [0.1, 0.15) is 0 Å². The lowest BCUT2D eigenvalue weighted by molar-refractivity contribution is -0.0511. The smallest absolute Gasteiger partial charge is 0.162 e. The molecule has 4 heteroatoms. The van der Waals surface area contributed by atoms with Gasteiger partial charge in [-0.3, -0.25) is 9.69 Å². The Labute approximate surface area is 129 Å². The predicted molar refractivity (Wildman–Crippen MR) is 84.2 cm³/mol. The van der Waals surface area contributed by atoms with E-state index in [0.717, 1.165) is 42.8 Å². The van der Waals surface area contributed by atoms with Crippen molar-refractivity contribution >= 4 is 21.7 Å². The first-order chi connectivity index (χ1) is 9.49. The fourth-order valence-corrected chi connectivity index (χ4v) is 2.78. The van der Waals surface area contributed by atoms with E-state index in [1.165, 1.54) is 0 Å². The Hall–Kier alpha value is -0.710. The van der Waals surface area contributed by atoms with Gasteiger partial charge < -0.3 is 4.74 Å². The van der Waals surface area contributed by atoms with Crippen molar-refractivity contribution in [3.63, 3.8) is 0 Å². The van der Waals surface area contributed by atoms with Gasteiger partial charge in [-0.05, 0) is 38.9 Å². The highest BCUT2D eigenvalue weighted by atomic mass is 79.9. The number of ketones is 1. The molecule has 1 aliphatic rings. The van der Waals surface area contributed by atoms with Crippen molar-refractivity contribution in [2.75, 3.05) is 26.3 Å². The summed E-state index contributed by atoms with van der Waals surface area (Å²) in [6.45, 7) is 7.88. The first-order valence-electron chi connectivity index (χ1n) is 7.10. The molecule has 1 fully saturated rings. The van der Waals surface area contributed by atoms with Crippen LogP contribution >= 0.6 is 15.9 Å². The fraction of sp³-hybridized carbons (Fsp3) is 0.562. The van der Waals surface area contributed by atoms with Gasteiger partial charge in [0.15, 0.2) is 5.78 Å². The van der Waals surface area contributed by atoms with E-state index >= 15 is 0 Å². The van der Waals surface area contributed by atoms with Crippen LogP contribution < -0.4 is 0 Å². The third-order valence-electron chi connectivity index (χ3n) is 3.81. The number of morpholine rings is 1. The summed E-state index contributed by atoms with van der Waals surface area (Å²) >= 11 is 3.38. The molecule has 0 unspecified atom stereocenters. The summed E-state index contributed by atoms with van der Waals surface area (Å²) in [5.41, 5.74) is 0.883. The fourth-order valence-electron chi connectivity index (χ4n) is 2.52. The second-order valence-corrected chi connectivity index (χ2v) is 6.80. The molecule has 0 aromatic heterocycles. The largest absolute Gasteiger partial charge is 0.378 e. The molecule has 0 amide bonds. The van der Waals surface area contributed by atoms with E-state index in [9.17, 15) is 4.79 Å². The molecule has 1 aromatic rings. The van der Waals surface area contributed by atoms with Crippen molar-refractivity contribution in [1.82, 2.24) is 4.90 Å².